The topological polar surface area (TPSA) is 12.9 Å². The van der Waals surface area contributed by atoms with E-state index in [0.29, 0.717) is 0 Å². The molecule has 1 heterocycles. The molecule has 0 fully saturated rings. The van der Waals surface area contributed by atoms with Gasteiger partial charge in [-0.3, -0.25) is 4.98 Å². The Balaban J connectivity index is 3.00. The van der Waals surface area contributed by atoms with Gasteiger partial charge in [0, 0.05) is 12.4 Å². The van der Waals surface area contributed by atoms with Gasteiger partial charge in [-0.1, -0.05) is 6.07 Å². The summed E-state index contributed by atoms with van der Waals surface area (Å²) in [5.74, 6) is 0. The van der Waals surface area contributed by atoms with Gasteiger partial charge in [-0.25, -0.2) is 0 Å². The molecule has 1 rings (SSSR count). The van der Waals surface area contributed by atoms with Crippen molar-refractivity contribution in [1.82, 2.24) is 4.98 Å². The van der Waals surface area contributed by atoms with Crippen LogP contribution in [0, 0.1) is 0 Å². The fourth-order valence-corrected chi connectivity index (χ4v) is 0.313. The molecule has 0 aliphatic carbocycles. The minimum Gasteiger partial charge on any atom is -0.265 e. The van der Waals surface area contributed by atoms with Crippen LogP contribution < -0.4 is 0 Å². The summed E-state index contributed by atoms with van der Waals surface area (Å²) >= 11 is 0. The molecule has 1 aromatic heterocycles. The molecule has 30 valence electrons. The van der Waals surface area contributed by atoms with Gasteiger partial charge in [0.25, 0.3) is 0 Å². The largest absolute Gasteiger partial charge is 0.265 e. The smallest absolute Gasteiger partial charge is 0.0267 e. The number of aromatic nitrogens is 1. The van der Waals surface area contributed by atoms with Gasteiger partial charge in [0.05, 0.1) is 0 Å². The quantitative estimate of drug-likeness (QED) is 0.454. The number of pyridine rings is 1. The highest BCUT2D eigenvalue weighted by Gasteiger charge is 1.58. The van der Waals surface area contributed by atoms with E-state index in [1.807, 2.05) is 18.2 Å². The molecule has 1 nitrogen and oxygen atoms in total. The van der Waals surface area contributed by atoms with Crippen molar-refractivity contribution in [3.63, 3.8) is 0 Å². The van der Waals surface area contributed by atoms with Crippen molar-refractivity contribution >= 4 is 0 Å². The number of rotatable bonds is 0. The van der Waals surface area contributed by atoms with Crippen LogP contribution in [0.4, 0.5) is 0 Å². The summed E-state index contributed by atoms with van der Waals surface area (Å²) in [6, 6.07) is 5.72. The van der Waals surface area contributed by atoms with Crippen LogP contribution >= 0.6 is 0 Å². The third-order valence-electron chi connectivity index (χ3n) is 0.566. The van der Waals surface area contributed by atoms with E-state index in [-0.39, 0.29) is 0 Å². The molecular formula is C5H5N. The molecule has 1 aromatic rings. The van der Waals surface area contributed by atoms with Crippen LogP contribution in [0.5, 0.6) is 0 Å². The first-order valence-electron chi connectivity index (χ1n) is 1.85. The summed E-state index contributed by atoms with van der Waals surface area (Å²) in [5.41, 5.74) is 0. The Morgan fingerprint density at radius 3 is 1.67 bits per heavy atom. The normalized spacial score (nSPS) is 8.00. The maximum atomic E-state index is 3.78. The first-order valence-corrected chi connectivity index (χ1v) is 1.85. The summed E-state index contributed by atoms with van der Waals surface area (Å²) in [7, 11) is 0. The first kappa shape index (κ1) is 3.34. The van der Waals surface area contributed by atoms with E-state index < -0.39 is 0 Å². The van der Waals surface area contributed by atoms with E-state index in [9.17, 15) is 0 Å². The highest BCUT2D eigenvalue weighted by Crippen LogP contribution is 1.73. The van der Waals surface area contributed by atoms with Gasteiger partial charge in [0.1, 0.15) is 0 Å². The van der Waals surface area contributed by atoms with Gasteiger partial charge in [-0.15, -0.1) is 0 Å². The highest BCUT2D eigenvalue weighted by molar-refractivity contribution is 4.88. The lowest BCUT2D eigenvalue weighted by Gasteiger charge is -1.70. The Bertz CT molecular complexity index is 75.9. The summed E-state index contributed by atoms with van der Waals surface area (Å²) in [6.07, 6.45) is 3.50. The SMILES string of the molecule is c1cc[15n]cc1. The summed E-state index contributed by atoms with van der Waals surface area (Å²) in [5, 5.41) is 0. The molecule has 0 spiro atoms. The molecule has 0 amide bonds. The molecule has 0 unspecified atom stereocenters. The molecule has 0 aliphatic rings. The van der Waals surface area contributed by atoms with Crippen molar-refractivity contribution in [3.8, 4) is 0 Å². The molecule has 0 saturated heterocycles. The number of hydrogen-bond acceptors (Lipinski definition) is 1. The molecule has 0 atom stereocenters. The predicted octanol–water partition coefficient (Wildman–Crippen LogP) is 1.08. The summed E-state index contributed by atoms with van der Waals surface area (Å²) < 4.78 is 0. The second-order valence-corrected chi connectivity index (χ2v) is 1.02. The Labute approximate surface area is 36.7 Å². The zero-order valence-electron chi connectivity index (χ0n) is 3.33. The van der Waals surface area contributed by atoms with E-state index in [1.165, 1.54) is 0 Å². The maximum Gasteiger partial charge on any atom is 0.0267 e. The van der Waals surface area contributed by atoms with Crippen molar-refractivity contribution in [1.29, 1.82) is 0 Å². The molecule has 0 saturated carbocycles. The van der Waals surface area contributed by atoms with Gasteiger partial charge in [-0.05, 0) is 12.1 Å². The van der Waals surface area contributed by atoms with Crippen LogP contribution in [0.1, 0.15) is 0 Å². The van der Waals surface area contributed by atoms with Crippen LogP contribution in [-0.4, -0.2) is 4.98 Å². The standard InChI is InChI=1S/C5H5N/c1-2-4-6-5-3-1/h1-5H/i6+1. The lowest BCUT2D eigenvalue weighted by molar-refractivity contribution is 1.33. The van der Waals surface area contributed by atoms with E-state index in [4.69, 9.17) is 0 Å². The fraction of sp³-hybridized carbons (Fsp3) is 0. The zero-order chi connectivity index (χ0) is 4.24. The highest BCUT2D eigenvalue weighted by atomic mass is 15.4. The summed E-state index contributed by atoms with van der Waals surface area (Å²) in [4.78, 5) is 3.78. The lowest BCUT2D eigenvalue weighted by atomic mass is 10.5. The van der Waals surface area contributed by atoms with Crippen LogP contribution in [0.3, 0.4) is 0 Å². The van der Waals surface area contributed by atoms with Gasteiger partial charge in [0.15, 0.2) is 0 Å². The van der Waals surface area contributed by atoms with Crippen molar-refractivity contribution in [2.45, 2.75) is 0 Å². The molecular weight excluding hydrogens is 75.1 g/mol. The third kappa shape index (κ3) is 0.549. The summed E-state index contributed by atoms with van der Waals surface area (Å²) in [6.45, 7) is 0. The first-order chi connectivity index (χ1) is 3.00. The Morgan fingerprint density at radius 1 is 0.833 bits per heavy atom. The molecule has 0 radical (unpaired) electrons. The van der Waals surface area contributed by atoms with E-state index in [1.54, 1.807) is 12.4 Å². The van der Waals surface area contributed by atoms with Crippen LogP contribution in [0.15, 0.2) is 30.6 Å². The molecule has 6 heavy (non-hydrogen) atoms. The Hall–Kier alpha value is -0.850. The zero-order valence-corrected chi connectivity index (χ0v) is 3.33. The average molecular weight is 80.1 g/mol. The average Bonchev–Trinajstić information content (AvgIpc) is 1.72. The van der Waals surface area contributed by atoms with Crippen molar-refractivity contribution in [3.05, 3.63) is 30.6 Å². The fourth-order valence-electron chi connectivity index (χ4n) is 0.313. The van der Waals surface area contributed by atoms with Crippen molar-refractivity contribution < 1.29 is 0 Å². The van der Waals surface area contributed by atoms with Gasteiger partial charge in [-0.2, -0.15) is 0 Å². The number of nitrogens with zero attached hydrogens (tertiary/aromatic N) is 1. The minimum absolute atomic E-state index is 1.75. The monoisotopic (exact) mass is 80.0 g/mol. The molecule has 1 heteroatoms. The predicted molar refractivity (Wildman–Crippen MR) is 24.2 cm³/mol. The molecule has 0 aromatic carbocycles. The van der Waals surface area contributed by atoms with Gasteiger partial charge < -0.3 is 0 Å². The van der Waals surface area contributed by atoms with Gasteiger partial charge >= 0.3 is 0 Å². The van der Waals surface area contributed by atoms with Crippen LogP contribution in [0.25, 0.3) is 0 Å². The maximum absolute atomic E-state index is 3.78. The van der Waals surface area contributed by atoms with Crippen molar-refractivity contribution in [2.75, 3.05) is 0 Å². The lowest BCUT2D eigenvalue weighted by Crippen LogP contribution is -1.58. The Kier molecular flexibility index (Phi) is 0.865. The molecule has 0 bridgehead atoms. The second kappa shape index (κ2) is 1.55. The number of hydrogen-bond donors (Lipinski definition) is 0. The molecule has 0 N–H and O–H groups in total. The second-order valence-electron chi connectivity index (χ2n) is 1.02. The van der Waals surface area contributed by atoms with Gasteiger partial charge in [0.2, 0.25) is 0 Å². The Morgan fingerprint density at radius 2 is 1.50 bits per heavy atom. The van der Waals surface area contributed by atoms with E-state index in [2.05, 4.69) is 4.98 Å². The van der Waals surface area contributed by atoms with E-state index >= 15 is 0 Å². The van der Waals surface area contributed by atoms with Crippen LogP contribution in [-0.2, 0) is 0 Å². The van der Waals surface area contributed by atoms with Crippen molar-refractivity contribution in [2.24, 2.45) is 0 Å². The van der Waals surface area contributed by atoms with E-state index in [0.717, 1.165) is 0 Å². The minimum atomic E-state index is 1.75. The third-order valence-corrected chi connectivity index (χ3v) is 0.566. The molecule has 0 aliphatic heterocycles. The van der Waals surface area contributed by atoms with Crippen LogP contribution in [0.2, 0.25) is 0 Å².